The summed E-state index contributed by atoms with van der Waals surface area (Å²) in [4.78, 5) is 39.9. The van der Waals surface area contributed by atoms with E-state index in [1.807, 2.05) is 6.20 Å². The molecule has 3 aromatic rings. The Kier molecular flexibility index (Phi) is 11.9. The van der Waals surface area contributed by atoms with E-state index in [1.54, 1.807) is 53.2 Å². The van der Waals surface area contributed by atoms with Crippen LogP contribution in [0.2, 0.25) is 6.04 Å². The van der Waals surface area contributed by atoms with E-state index in [-0.39, 0.29) is 6.04 Å². The molecule has 1 aromatic heterocycles. The van der Waals surface area contributed by atoms with E-state index in [9.17, 15) is 18.0 Å². The molecule has 1 aliphatic heterocycles. The Morgan fingerprint density at radius 1 is 0.841 bits per heavy atom. The summed E-state index contributed by atoms with van der Waals surface area (Å²) in [6, 6.07) is 14.0. The maximum absolute atomic E-state index is 13.5. The minimum absolute atomic E-state index is 0.109. The van der Waals surface area contributed by atoms with Gasteiger partial charge >= 0.3 is 21.0 Å². The number of esters is 1. The summed E-state index contributed by atoms with van der Waals surface area (Å²) in [6.07, 6.45) is 7.11. The van der Waals surface area contributed by atoms with Gasteiger partial charge in [-0.1, -0.05) is 102 Å². The van der Waals surface area contributed by atoms with Gasteiger partial charge < -0.3 is 19.1 Å². The number of aromatic nitrogens is 3. The molecule has 0 radical (unpaired) electrons. The molecule has 0 unspecified atom stereocenters. The summed E-state index contributed by atoms with van der Waals surface area (Å²) in [6.45, 7) is 0.726. The molecule has 1 aliphatic rings. The highest BCUT2D eigenvalue weighted by atomic mass is 79.9. The van der Waals surface area contributed by atoms with Crippen LogP contribution in [0.1, 0.15) is 80.8 Å². The van der Waals surface area contributed by atoms with Gasteiger partial charge in [0.1, 0.15) is 5.69 Å². The average Bonchev–Trinajstić information content (AvgIpc) is 3.44. The summed E-state index contributed by atoms with van der Waals surface area (Å²) in [5, 5.41) is 8.48. The topological polar surface area (TPSA) is 118 Å². The first-order chi connectivity index (χ1) is 20.9. The first-order valence-electron chi connectivity index (χ1n) is 14.8. The molecule has 44 heavy (non-hydrogen) atoms. The molecule has 0 saturated heterocycles. The molecular formula is C31H37BrF3N3O5Si. The van der Waals surface area contributed by atoms with Gasteiger partial charge in [0.25, 0.3) is 0 Å². The van der Waals surface area contributed by atoms with Crippen LogP contribution in [0.4, 0.5) is 13.2 Å². The summed E-state index contributed by atoms with van der Waals surface area (Å²) in [5.74, 6) is -4.04. The van der Waals surface area contributed by atoms with Crippen LogP contribution in [0.3, 0.4) is 0 Å². The van der Waals surface area contributed by atoms with E-state index in [2.05, 4.69) is 26.2 Å². The van der Waals surface area contributed by atoms with Crippen molar-refractivity contribution in [1.82, 2.24) is 15.0 Å². The molecule has 2 atom stereocenters. The van der Waals surface area contributed by atoms with Crippen molar-refractivity contribution in [2.45, 2.75) is 88.4 Å². The first kappa shape index (κ1) is 34.0. The Morgan fingerprint density at radius 2 is 1.41 bits per heavy atom. The number of unbranched alkanes of at least 4 members (excludes halogenated alkanes) is 8. The number of carbonyl (C=O) groups excluding carboxylic acids is 1. The molecule has 0 spiro atoms. The van der Waals surface area contributed by atoms with Gasteiger partial charge in [0.2, 0.25) is 5.76 Å². The van der Waals surface area contributed by atoms with Crippen molar-refractivity contribution in [2.75, 3.05) is 0 Å². The van der Waals surface area contributed by atoms with Crippen LogP contribution in [0.25, 0.3) is 11.3 Å². The maximum atomic E-state index is 13.5. The third-order valence-electron chi connectivity index (χ3n) is 7.69. The van der Waals surface area contributed by atoms with Crippen LogP contribution in [-0.2, 0) is 16.1 Å². The number of hydrogen-bond acceptors (Lipinski definition) is 7. The number of carbonyl (C=O) groups is 1. The molecule has 2 aromatic carbocycles. The van der Waals surface area contributed by atoms with E-state index in [0.29, 0.717) is 23.2 Å². The van der Waals surface area contributed by atoms with Gasteiger partial charge in [-0.15, -0.1) is 5.10 Å². The third kappa shape index (κ3) is 10.1. The van der Waals surface area contributed by atoms with Crippen LogP contribution in [0.15, 0.2) is 71.0 Å². The minimum atomic E-state index is -4.78. The number of hydrogen-bond donors (Lipinski definition) is 3. The van der Waals surface area contributed by atoms with Gasteiger partial charge in [0.15, 0.2) is 0 Å². The fourth-order valence-electron chi connectivity index (χ4n) is 5.36. The smallest absolute Gasteiger partial charge is 0.421 e. The Bertz CT molecular complexity index is 1390. The zero-order valence-electron chi connectivity index (χ0n) is 24.2. The summed E-state index contributed by atoms with van der Waals surface area (Å²) in [5.41, 5.74) is 2.53. The van der Waals surface area contributed by atoms with E-state index < -0.39 is 38.5 Å². The number of allylic oxidation sites excluding steroid dienone is 2. The lowest BCUT2D eigenvalue weighted by atomic mass is 9.79. The summed E-state index contributed by atoms with van der Waals surface area (Å²) >= 11 is 3.35. The second kappa shape index (κ2) is 15.4. The zero-order valence-corrected chi connectivity index (χ0v) is 26.8. The Balaban J connectivity index is 1.29. The second-order valence-electron chi connectivity index (χ2n) is 11.2. The average molecular weight is 697 g/mol. The Hall–Kier alpha value is -2.84. The predicted octanol–water partition coefficient (Wildman–Crippen LogP) is 7.00. The fourth-order valence-corrected chi connectivity index (χ4v) is 6.34. The van der Waals surface area contributed by atoms with Gasteiger partial charge in [-0.05, 0) is 42.2 Å². The normalized spacial score (nSPS) is 17.4. The fraction of sp³-hybridized carbons (Fsp3) is 0.452. The van der Waals surface area contributed by atoms with Gasteiger partial charge in [-0.25, -0.2) is 0 Å². The number of benzene rings is 2. The molecule has 0 amide bonds. The number of alkyl halides is 3. The van der Waals surface area contributed by atoms with Crippen molar-refractivity contribution < 1.29 is 37.1 Å². The summed E-state index contributed by atoms with van der Waals surface area (Å²) in [7, 11) is -3.89. The second-order valence-corrected chi connectivity index (χ2v) is 14.2. The lowest BCUT2D eigenvalue weighted by Crippen LogP contribution is -2.33. The Labute approximate surface area is 264 Å². The molecule has 3 N–H and O–H groups in total. The van der Waals surface area contributed by atoms with Crippen LogP contribution >= 0.6 is 15.9 Å². The Morgan fingerprint density at radius 3 is 2.00 bits per heavy atom. The van der Waals surface area contributed by atoms with Crippen LogP contribution < -0.4 is 0 Å². The van der Waals surface area contributed by atoms with Gasteiger partial charge in [-0.2, -0.15) is 13.2 Å². The molecule has 8 nitrogen and oxygen atoms in total. The van der Waals surface area contributed by atoms with E-state index in [4.69, 9.17) is 19.1 Å². The SMILES string of the molecule is O=C1OC(C(F)(F)F)=C[C@H](c2ccc(-c3cn(CCCCCCCCCCC[Si](O)(O)O)nn3)cc2)[C@H]1c1ccc(Br)cc1. The number of rotatable bonds is 15. The van der Waals surface area contributed by atoms with Crippen molar-refractivity contribution in [3.8, 4) is 11.3 Å². The molecule has 0 fully saturated rings. The highest BCUT2D eigenvalue weighted by Gasteiger charge is 2.45. The highest BCUT2D eigenvalue weighted by Crippen LogP contribution is 2.44. The molecule has 0 bridgehead atoms. The van der Waals surface area contributed by atoms with Crippen molar-refractivity contribution in [3.63, 3.8) is 0 Å². The van der Waals surface area contributed by atoms with Crippen molar-refractivity contribution in [2.24, 2.45) is 0 Å². The lowest BCUT2D eigenvalue weighted by Gasteiger charge is -2.30. The minimum Gasteiger partial charge on any atom is -0.421 e. The quantitative estimate of drug-likeness (QED) is 0.0890. The molecule has 0 saturated carbocycles. The molecule has 0 aliphatic carbocycles. The maximum Gasteiger partial charge on any atom is 0.492 e. The lowest BCUT2D eigenvalue weighted by molar-refractivity contribution is -0.164. The zero-order chi connectivity index (χ0) is 31.7. The monoisotopic (exact) mass is 695 g/mol. The number of cyclic esters (lactones) is 1. The highest BCUT2D eigenvalue weighted by molar-refractivity contribution is 9.10. The molecule has 13 heteroatoms. The largest absolute Gasteiger partial charge is 0.492 e. The standard InChI is InChI=1S/C31H37BrF3N3O5Si/c32-25-16-14-24(15-17-25)29-26(20-28(31(33,34)35)43-30(29)39)22-10-12-23(13-11-22)27-21-38(37-36-27)18-8-6-4-2-1-3-5-7-9-19-44(40,41)42/h10-17,20-21,26,29,40-42H,1-9,18-19H2/t26-,29-/m1/s1. The first-order valence-corrected chi connectivity index (χ1v) is 17.7. The molecule has 4 rings (SSSR count). The molecule has 238 valence electrons. The predicted molar refractivity (Wildman–Crippen MR) is 164 cm³/mol. The van der Waals surface area contributed by atoms with Gasteiger partial charge in [-0.3, -0.25) is 9.48 Å². The molecular weight excluding hydrogens is 659 g/mol. The van der Waals surface area contributed by atoms with E-state index in [0.717, 1.165) is 74.0 Å². The third-order valence-corrected chi connectivity index (χ3v) is 9.25. The van der Waals surface area contributed by atoms with E-state index >= 15 is 0 Å². The number of nitrogens with zero attached hydrogens (tertiary/aromatic N) is 3. The van der Waals surface area contributed by atoms with E-state index in [1.165, 1.54) is 0 Å². The van der Waals surface area contributed by atoms with Crippen molar-refractivity contribution in [3.05, 3.63) is 82.2 Å². The number of ether oxygens (including phenoxy) is 1. The van der Waals surface area contributed by atoms with Crippen LogP contribution in [-0.4, -0.2) is 50.3 Å². The van der Waals surface area contributed by atoms with Crippen molar-refractivity contribution >= 4 is 30.7 Å². The van der Waals surface area contributed by atoms with Crippen LogP contribution in [0, 0.1) is 0 Å². The summed E-state index contributed by atoms with van der Waals surface area (Å²) < 4.78 is 47.9. The van der Waals surface area contributed by atoms with Gasteiger partial charge in [0, 0.05) is 28.5 Å². The number of aryl methyl sites for hydroxylation is 1. The van der Waals surface area contributed by atoms with Gasteiger partial charge in [0.05, 0.1) is 12.1 Å². The van der Waals surface area contributed by atoms with Crippen molar-refractivity contribution in [1.29, 1.82) is 0 Å². The molecule has 2 heterocycles. The number of halogens is 4. The van der Waals surface area contributed by atoms with Crippen LogP contribution in [0.5, 0.6) is 0 Å².